The lowest BCUT2D eigenvalue weighted by Crippen LogP contribution is -2.20. The number of hydrogen-bond donors (Lipinski definition) is 2. The Morgan fingerprint density at radius 2 is 1.90 bits per heavy atom. The predicted molar refractivity (Wildman–Crippen MR) is 115 cm³/mol. The highest BCUT2D eigenvalue weighted by Gasteiger charge is 2.23. The number of ether oxygens (including phenoxy) is 2. The summed E-state index contributed by atoms with van der Waals surface area (Å²) in [6.45, 7) is 6.36. The molecule has 0 radical (unpaired) electrons. The quantitative estimate of drug-likeness (QED) is 0.682. The van der Waals surface area contributed by atoms with Gasteiger partial charge in [-0.25, -0.2) is 8.42 Å². The van der Waals surface area contributed by atoms with Crippen molar-refractivity contribution >= 4 is 39.1 Å². The summed E-state index contributed by atoms with van der Waals surface area (Å²) in [6, 6.07) is 9.71. The second-order valence-electron chi connectivity index (χ2n) is 6.49. The molecule has 2 N–H and O–H groups in total. The Hall–Kier alpha value is -2.39. The zero-order valence-corrected chi connectivity index (χ0v) is 18.2. The summed E-state index contributed by atoms with van der Waals surface area (Å²) in [5.41, 5.74) is 0.792. The summed E-state index contributed by atoms with van der Waals surface area (Å²) in [6.07, 6.45) is 0. The first kappa shape index (κ1) is 21.3. The first-order valence-corrected chi connectivity index (χ1v) is 11.8. The van der Waals surface area contributed by atoms with Crippen LogP contribution in [0, 0.1) is 5.92 Å². The Morgan fingerprint density at radius 1 is 1.14 bits per heavy atom. The fourth-order valence-corrected chi connectivity index (χ4v) is 4.87. The van der Waals surface area contributed by atoms with E-state index in [9.17, 15) is 13.2 Å². The van der Waals surface area contributed by atoms with Gasteiger partial charge in [-0.15, -0.1) is 11.8 Å². The Kier molecular flexibility index (Phi) is 6.59. The van der Waals surface area contributed by atoms with Gasteiger partial charge in [0.15, 0.2) is 0 Å². The van der Waals surface area contributed by atoms with Gasteiger partial charge in [0, 0.05) is 22.6 Å². The topological polar surface area (TPSA) is 93.7 Å². The van der Waals surface area contributed by atoms with Crippen LogP contribution in [-0.2, 0) is 14.8 Å². The van der Waals surface area contributed by atoms with Gasteiger partial charge < -0.3 is 14.8 Å². The summed E-state index contributed by atoms with van der Waals surface area (Å²) in [5, 5.41) is 2.81. The van der Waals surface area contributed by atoms with Gasteiger partial charge in [-0.2, -0.15) is 0 Å². The lowest BCUT2D eigenvalue weighted by atomic mass is 10.2. The Morgan fingerprint density at radius 3 is 2.62 bits per heavy atom. The van der Waals surface area contributed by atoms with Gasteiger partial charge in [0.2, 0.25) is 5.91 Å². The third kappa shape index (κ3) is 4.97. The highest BCUT2D eigenvalue weighted by Crippen LogP contribution is 2.36. The molecule has 0 saturated carbocycles. The van der Waals surface area contributed by atoms with Gasteiger partial charge in [-0.05, 0) is 44.2 Å². The van der Waals surface area contributed by atoms with Crippen LogP contribution < -0.4 is 19.5 Å². The lowest BCUT2D eigenvalue weighted by molar-refractivity contribution is -0.118. The molecule has 1 aliphatic heterocycles. The molecule has 1 heterocycles. The predicted octanol–water partition coefficient (Wildman–Crippen LogP) is 3.97. The smallest absolute Gasteiger partial charge is 0.262 e. The number of amides is 1. The molecular formula is C20H24N2O5S2. The average Bonchev–Trinajstić information content (AvgIpc) is 2.82. The van der Waals surface area contributed by atoms with Gasteiger partial charge in [-0.3, -0.25) is 9.52 Å². The minimum atomic E-state index is -3.91. The van der Waals surface area contributed by atoms with Crippen molar-refractivity contribution in [3.8, 4) is 11.5 Å². The molecule has 0 fully saturated rings. The molecule has 0 saturated heterocycles. The summed E-state index contributed by atoms with van der Waals surface area (Å²) in [5.74, 6) is 1.31. The number of nitrogens with one attached hydrogen (secondary N) is 2. The summed E-state index contributed by atoms with van der Waals surface area (Å²) < 4.78 is 39.6. The van der Waals surface area contributed by atoms with E-state index in [0.717, 1.165) is 4.90 Å². The van der Waals surface area contributed by atoms with Crippen LogP contribution in [0.3, 0.4) is 0 Å². The number of rotatable bonds is 7. The number of carbonyl (C=O) groups excluding carboxylic acids is 1. The fraction of sp³-hybridized carbons (Fsp3) is 0.350. The molecule has 1 amide bonds. The molecule has 7 nitrogen and oxygen atoms in total. The standard InChI is InChI=1S/C20H24N2O5S2/c1-4-26-14-6-8-18(27-5-2)16(10-14)22-29(24,25)15-7-9-19-17(11-15)21-20(23)13(3)12-28-19/h6-11,13,22H,4-5,12H2,1-3H3,(H,21,23)/t13-/m1/s1. The molecule has 9 heteroatoms. The Balaban J connectivity index is 1.93. The van der Waals surface area contributed by atoms with E-state index in [1.165, 1.54) is 23.9 Å². The minimum Gasteiger partial charge on any atom is -0.494 e. The molecule has 0 aliphatic carbocycles. The van der Waals surface area contributed by atoms with Crippen molar-refractivity contribution < 1.29 is 22.7 Å². The molecule has 0 spiro atoms. The number of benzene rings is 2. The van der Waals surface area contributed by atoms with E-state index >= 15 is 0 Å². The third-order valence-corrected chi connectivity index (χ3v) is 6.96. The van der Waals surface area contributed by atoms with Crippen molar-refractivity contribution in [1.82, 2.24) is 0 Å². The number of hydrogen-bond acceptors (Lipinski definition) is 6. The van der Waals surface area contributed by atoms with Crippen molar-refractivity contribution in [3.63, 3.8) is 0 Å². The minimum absolute atomic E-state index is 0.0518. The molecule has 0 bridgehead atoms. The fourth-order valence-electron chi connectivity index (χ4n) is 2.78. The summed E-state index contributed by atoms with van der Waals surface area (Å²) >= 11 is 1.53. The average molecular weight is 437 g/mol. The highest BCUT2D eigenvalue weighted by atomic mass is 32.2. The largest absolute Gasteiger partial charge is 0.494 e. The first-order chi connectivity index (χ1) is 13.8. The van der Waals surface area contributed by atoms with Crippen LogP contribution in [0.2, 0.25) is 0 Å². The molecule has 2 aromatic carbocycles. The van der Waals surface area contributed by atoms with Crippen LogP contribution in [0.15, 0.2) is 46.2 Å². The van der Waals surface area contributed by atoms with Crippen molar-refractivity contribution in [2.45, 2.75) is 30.6 Å². The number of fused-ring (bicyclic) bond motifs is 1. The first-order valence-electron chi connectivity index (χ1n) is 9.34. The van der Waals surface area contributed by atoms with Crippen LogP contribution >= 0.6 is 11.8 Å². The highest BCUT2D eigenvalue weighted by molar-refractivity contribution is 7.99. The second kappa shape index (κ2) is 8.96. The maximum absolute atomic E-state index is 13.0. The molecule has 3 rings (SSSR count). The normalized spacial score (nSPS) is 16.4. The zero-order chi connectivity index (χ0) is 21.0. The maximum atomic E-state index is 13.0. The Bertz CT molecular complexity index is 1010. The van der Waals surface area contributed by atoms with E-state index in [1.54, 1.807) is 24.3 Å². The molecule has 29 heavy (non-hydrogen) atoms. The van der Waals surface area contributed by atoms with Crippen LogP contribution in [-0.4, -0.2) is 33.3 Å². The maximum Gasteiger partial charge on any atom is 0.262 e. The van der Waals surface area contributed by atoms with E-state index in [-0.39, 0.29) is 16.7 Å². The molecule has 0 unspecified atom stereocenters. The van der Waals surface area contributed by atoms with E-state index in [2.05, 4.69) is 10.0 Å². The van der Waals surface area contributed by atoms with Crippen LogP contribution in [0.5, 0.6) is 11.5 Å². The zero-order valence-electron chi connectivity index (χ0n) is 16.5. The van der Waals surface area contributed by atoms with Crippen LogP contribution in [0.25, 0.3) is 0 Å². The number of carbonyl (C=O) groups is 1. The van der Waals surface area contributed by atoms with Crippen LogP contribution in [0.1, 0.15) is 20.8 Å². The summed E-state index contributed by atoms with van der Waals surface area (Å²) in [4.78, 5) is 13.0. The van der Waals surface area contributed by atoms with E-state index in [0.29, 0.717) is 41.8 Å². The SMILES string of the molecule is CCOc1ccc(OCC)c(NS(=O)(=O)c2ccc3c(c2)NC(=O)[C@H](C)CS3)c1. The lowest BCUT2D eigenvalue weighted by Gasteiger charge is -2.15. The van der Waals surface area contributed by atoms with Gasteiger partial charge in [0.25, 0.3) is 10.0 Å². The molecule has 1 aliphatic rings. The van der Waals surface area contributed by atoms with Crippen molar-refractivity contribution in [1.29, 1.82) is 0 Å². The second-order valence-corrected chi connectivity index (χ2v) is 9.23. The monoisotopic (exact) mass is 436 g/mol. The number of sulfonamides is 1. The van der Waals surface area contributed by atoms with Gasteiger partial charge in [0.1, 0.15) is 11.5 Å². The van der Waals surface area contributed by atoms with E-state index < -0.39 is 10.0 Å². The van der Waals surface area contributed by atoms with Crippen molar-refractivity contribution in [2.75, 3.05) is 29.0 Å². The van der Waals surface area contributed by atoms with E-state index in [1.807, 2.05) is 20.8 Å². The third-order valence-electron chi connectivity index (χ3n) is 4.26. The van der Waals surface area contributed by atoms with Gasteiger partial charge in [0.05, 0.1) is 29.5 Å². The van der Waals surface area contributed by atoms with Crippen molar-refractivity contribution in [2.24, 2.45) is 5.92 Å². The molecule has 0 aromatic heterocycles. The number of anilines is 2. The van der Waals surface area contributed by atoms with Crippen LogP contribution in [0.4, 0.5) is 11.4 Å². The Labute approximate surface area is 175 Å². The van der Waals surface area contributed by atoms with Gasteiger partial charge >= 0.3 is 0 Å². The van der Waals surface area contributed by atoms with Crippen molar-refractivity contribution in [3.05, 3.63) is 36.4 Å². The number of thioether (sulfide) groups is 1. The summed E-state index contributed by atoms with van der Waals surface area (Å²) in [7, 11) is -3.91. The molecular weight excluding hydrogens is 412 g/mol. The van der Waals surface area contributed by atoms with Gasteiger partial charge in [-0.1, -0.05) is 6.92 Å². The molecule has 1 atom stereocenters. The van der Waals surface area contributed by atoms with E-state index in [4.69, 9.17) is 9.47 Å². The molecule has 2 aromatic rings. The molecule has 156 valence electrons.